The summed E-state index contributed by atoms with van der Waals surface area (Å²) in [5.41, 5.74) is -0.0542. The van der Waals surface area contributed by atoms with Crippen LogP contribution in [0.3, 0.4) is 0 Å². The zero-order chi connectivity index (χ0) is 18.7. The maximum absolute atomic E-state index is 12.8. The third-order valence-corrected chi connectivity index (χ3v) is 4.53. The normalized spacial score (nSPS) is 20.0. The Morgan fingerprint density at radius 3 is 2.35 bits per heavy atom. The summed E-state index contributed by atoms with van der Waals surface area (Å²) < 4.78 is 50.4. The Hall–Kier alpha value is -1.76. The van der Waals surface area contributed by atoms with Crippen LogP contribution in [0.5, 0.6) is 5.75 Å². The second-order valence-electron chi connectivity index (χ2n) is 6.28. The third kappa shape index (κ3) is 4.69. The highest BCUT2D eigenvalue weighted by Gasteiger charge is 2.33. The Morgan fingerprint density at radius 2 is 1.77 bits per heavy atom. The van der Waals surface area contributed by atoms with Gasteiger partial charge < -0.3 is 14.4 Å². The number of benzene rings is 2. The molecule has 2 atom stereocenters. The second kappa shape index (κ2) is 7.86. The minimum Gasteiger partial charge on any atom is -0.483 e. The maximum atomic E-state index is 12.8. The van der Waals surface area contributed by atoms with Gasteiger partial charge in [0, 0.05) is 18.1 Å². The van der Waals surface area contributed by atoms with Gasteiger partial charge in [0.1, 0.15) is 11.9 Å². The van der Waals surface area contributed by atoms with Crippen molar-refractivity contribution in [1.29, 1.82) is 0 Å². The molecule has 140 valence electrons. The summed E-state index contributed by atoms with van der Waals surface area (Å²) in [6.45, 7) is 1.97. The van der Waals surface area contributed by atoms with E-state index in [4.69, 9.17) is 21.1 Å². The van der Waals surface area contributed by atoms with E-state index in [2.05, 4.69) is 4.90 Å². The molecule has 26 heavy (non-hydrogen) atoms. The molecule has 1 heterocycles. The average Bonchev–Trinajstić information content (AvgIpc) is 2.60. The van der Waals surface area contributed by atoms with Gasteiger partial charge in [-0.1, -0.05) is 23.7 Å². The molecule has 2 aromatic rings. The second-order valence-corrected chi connectivity index (χ2v) is 6.72. The molecule has 1 saturated heterocycles. The molecule has 3 rings (SSSR count). The summed E-state index contributed by atoms with van der Waals surface area (Å²) in [6.07, 6.45) is -5.19. The summed E-state index contributed by atoms with van der Waals surface area (Å²) in [7, 11) is 1.97. The van der Waals surface area contributed by atoms with Gasteiger partial charge >= 0.3 is 6.18 Å². The van der Waals surface area contributed by atoms with Crippen molar-refractivity contribution >= 4 is 11.6 Å². The van der Waals surface area contributed by atoms with Gasteiger partial charge in [0.25, 0.3) is 0 Å². The highest BCUT2D eigenvalue weighted by atomic mass is 35.5. The van der Waals surface area contributed by atoms with E-state index in [1.54, 1.807) is 24.3 Å². The first-order valence-electron chi connectivity index (χ1n) is 8.22. The van der Waals surface area contributed by atoms with E-state index in [0.717, 1.165) is 18.7 Å². The smallest absolute Gasteiger partial charge is 0.416 e. The third-order valence-electron chi connectivity index (χ3n) is 4.28. The molecule has 1 fully saturated rings. The summed E-state index contributed by atoms with van der Waals surface area (Å²) in [5.74, 6) is 0.580. The SMILES string of the molecule is CN1CCOC(C(Oc2ccc(Cl)cc2)c2ccc(C(F)(F)F)cc2)C1. The van der Waals surface area contributed by atoms with Crippen molar-refractivity contribution < 1.29 is 22.6 Å². The lowest BCUT2D eigenvalue weighted by atomic mass is 10.0. The standard InChI is InChI=1S/C19H19ClF3NO2/c1-24-10-11-25-17(12-24)18(26-16-8-6-15(20)7-9-16)13-2-4-14(5-3-13)19(21,22)23/h2-9,17-18H,10-12H2,1H3. The number of nitrogens with zero attached hydrogens (tertiary/aromatic N) is 1. The van der Waals surface area contributed by atoms with Crippen LogP contribution in [0, 0.1) is 0 Å². The Kier molecular flexibility index (Phi) is 5.75. The monoisotopic (exact) mass is 385 g/mol. The molecule has 0 aromatic heterocycles. The predicted octanol–water partition coefficient (Wildman–Crippen LogP) is 4.81. The molecular weight excluding hydrogens is 367 g/mol. The minimum atomic E-state index is -4.37. The molecular formula is C19H19ClF3NO2. The van der Waals surface area contributed by atoms with Crippen LogP contribution in [0.1, 0.15) is 17.2 Å². The van der Waals surface area contributed by atoms with Crippen molar-refractivity contribution in [1.82, 2.24) is 4.90 Å². The lowest BCUT2D eigenvalue weighted by Crippen LogP contribution is -2.44. The fourth-order valence-electron chi connectivity index (χ4n) is 2.87. The molecule has 0 bridgehead atoms. The summed E-state index contributed by atoms with van der Waals surface area (Å²) >= 11 is 5.90. The van der Waals surface area contributed by atoms with Crippen molar-refractivity contribution in [3.63, 3.8) is 0 Å². The molecule has 0 aliphatic carbocycles. The van der Waals surface area contributed by atoms with E-state index in [1.165, 1.54) is 12.1 Å². The molecule has 2 aromatic carbocycles. The van der Waals surface area contributed by atoms with Crippen molar-refractivity contribution in [2.75, 3.05) is 26.7 Å². The number of halogens is 4. The summed E-state index contributed by atoms with van der Waals surface area (Å²) in [4.78, 5) is 2.11. The Balaban J connectivity index is 1.87. The first-order valence-corrected chi connectivity index (χ1v) is 8.60. The highest BCUT2D eigenvalue weighted by molar-refractivity contribution is 6.30. The van der Waals surface area contributed by atoms with Crippen molar-refractivity contribution in [3.05, 3.63) is 64.7 Å². The van der Waals surface area contributed by atoms with Gasteiger partial charge in [0.05, 0.1) is 12.2 Å². The molecule has 0 amide bonds. The molecule has 1 aliphatic heterocycles. The molecule has 0 spiro atoms. The van der Waals surface area contributed by atoms with Crippen LogP contribution >= 0.6 is 11.6 Å². The number of hydrogen-bond donors (Lipinski definition) is 0. The summed E-state index contributed by atoms with van der Waals surface area (Å²) in [5, 5.41) is 0.581. The van der Waals surface area contributed by atoms with E-state index >= 15 is 0 Å². The van der Waals surface area contributed by atoms with Crippen LogP contribution in [-0.4, -0.2) is 37.7 Å². The average molecular weight is 386 g/mol. The van der Waals surface area contributed by atoms with Crippen molar-refractivity contribution in [2.45, 2.75) is 18.4 Å². The van der Waals surface area contributed by atoms with Crippen molar-refractivity contribution in [3.8, 4) is 5.75 Å². The van der Waals surface area contributed by atoms with Gasteiger partial charge in [-0.3, -0.25) is 0 Å². The van der Waals surface area contributed by atoms with Crippen LogP contribution < -0.4 is 4.74 Å². The molecule has 1 aliphatic rings. The summed E-state index contributed by atoms with van der Waals surface area (Å²) in [6, 6.07) is 11.9. The number of alkyl halides is 3. The Morgan fingerprint density at radius 1 is 1.12 bits per heavy atom. The fourth-order valence-corrected chi connectivity index (χ4v) is 3.00. The van der Waals surface area contributed by atoms with Gasteiger partial charge in [-0.2, -0.15) is 13.2 Å². The molecule has 3 nitrogen and oxygen atoms in total. The van der Waals surface area contributed by atoms with Gasteiger partial charge in [0.2, 0.25) is 0 Å². The van der Waals surface area contributed by atoms with Crippen LogP contribution in [-0.2, 0) is 10.9 Å². The number of rotatable bonds is 4. The quantitative estimate of drug-likeness (QED) is 0.754. The molecule has 7 heteroatoms. The molecule has 0 saturated carbocycles. The molecule has 0 radical (unpaired) electrons. The lowest BCUT2D eigenvalue weighted by molar-refractivity contribution is -0.137. The van der Waals surface area contributed by atoms with E-state index < -0.39 is 17.8 Å². The first kappa shape index (κ1) is 19.0. The Labute approximate surface area is 155 Å². The highest BCUT2D eigenvalue weighted by Crippen LogP contribution is 2.33. The Bertz CT molecular complexity index is 719. The number of ether oxygens (including phenoxy) is 2. The molecule has 2 unspecified atom stereocenters. The van der Waals surface area contributed by atoms with Gasteiger partial charge in [-0.05, 0) is 49.0 Å². The minimum absolute atomic E-state index is 0.291. The number of likely N-dealkylation sites (N-methyl/N-ethyl adjacent to an activating group) is 1. The van der Waals surface area contributed by atoms with E-state index in [9.17, 15) is 13.2 Å². The fraction of sp³-hybridized carbons (Fsp3) is 0.368. The van der Waals surface area contributed by atoms with Gasteiger partial charge in [-0.15, -0.1) is 0 Å². The zero-order valence-corrected chi connectivity index (χ0v) is 14.9. The van der Waals surface area contributed by atoms with E-state index in [0.29, 0.717) is 29.5 Å². The van der Waals surface area contributed by atoms with Crippen LogP contribution in [0.25, 0.3) is 0 Å². The van der Waals surface area contributed by atoms with Crippen LogP contribution in [0.15, 0.2) is 48.5 Å². The van der Waals surface area contributed by atoms with Crippen LogP contribution in [0.2, 0.25) is 5.02 Å². The lowest BCUT2D eigenvalue weighted by Gasteiger charge is -2.35. The number of hydrogen-bond acceptors (Lipinski definition) is 3. The van der Waals surface area contributed by atoms with Crippen LogP contribution in [0.4, 0.5) is 13.2 Å². The zero-order valence-electron chi connectivity index (χ0n) is 14.2. The van der Waals surface area contributed by atoms with E-state index in [-0.39, 0.29) is 6.10 Å². The van der Waals surface area contributed by atoms with Gasteiger partial charge in [0.15, 0.2) is 6.10 Å². The first-order chi connectivity index (χ1) is 12.3. The van der Waals surface area contributed by atoms with Gasteiger partial charge in [-0.25, -0.2) is 0 Å². The topological polar surface area (TPSA) is 21.7 Å². The predicted molar refractivity (Wildman–Crippen MR) is 93.5 cm³/mol. The maximum Gasteiger partial charge on any atom is 0.416 e. The largest absolute Gasteiger partial charge is 0.483 e. The van der Waals surface area contributed by atoms with E-state index in [1.807, 2.05) is 7.05 Å². The number of morpholine rings is 1. The van der Waals surface area contributed by atoms with Crippen molar-refractivity contribution in [2.24, 2.45) is 0 Å². The molecule has 0 N–H and O–H groups in total.